The van der Waals surface area contributed by atoms with Crippen LogP contribution in [0.3, 0.4) is 0 Å². The first kappa shape index (κ1) is 24.8. The highest BCUT2D eigenvalue weighted by Gasteiger charge is 2.27. The van der Waals surface area contributed by atoms with Gasteiger partial charge in [-0.15, -0.1) is 0 Å². The van der Waals surface area contributed by atoms with Crippen molar-refractivity contribution in [2.24, 2.45) is 0 Å². The smallest absolute Gasteiger partial charge is 0.328 e. The maximum Gasteiger partial charge on any atom is 0.328 e. The Balaban J connectivity index is 2.01. The number of pyridine rings is 1. The first-order chi connectivity index (χ1) is 15.3. The van der Waals surface area contributed by atoms with Gasteiger partial charge < -0.3 is 29.4 Å². The van der Waals surface area contributed by atoms with Gasteiger partial charge in [0.1, 0.15) is 29.7 Å². The maximum atomic E-state index is 12.6. The molecule has 0 aliphatic heterocycles. The second-order valence-electron chi connectivity index (χ2n) is 7.17. The predicted molar refractivity (Wildman–Crippen MR) is 117 cm³/mol. The van der Waals surface area contributed by atoms with Crippen molar-refractivity contribution in [2.75, 3.05) is 14.2 Å². The van der Waals surface area contributed by atoms with Crippen LogP contribution in [0.25, 0.3) is 0 Å². The number of esters is 1. The Morgan fingerprint density at radius 2 is 1.84 bits per heavy atom. The summed E-state index contributed by atoms with van der Waals surface area (Å²) >= 11 is 0. The normalized spacial score (nSPS) is 13.4. The molecule has 174 valence electrons. The van der Waals surface area contributed by atoms with E-state index in [0.29, 0.717) is 17.9 Å². The van der Waals surface area contributed by atoms with Crippen LogP contribution < -0.4 is 19.5 Å². The van der Waals surface area contributed by atoms with Gasteiger partial charge in [0.05, 0.1) is 14.2 Å². The van der Waals surface area contributed by atoms with E-state index in [2.05, 4.69) is 10.3 Å². The van der Waals surface area contributed by atoms with Crippen molar-refractivity contribution in [3.8, 4) is 23.0 Å². The van der Waals surface area contributed by atoms with Crippen molar-refractivity contribution in [1.82, 2.24) is 10.3 Å². The summed E-state index contributed by atoms with van der Waals surface area (Å²) in [7, 11) is 2.93. The summed E-state index contributed by atoms with van der Waals surface area (Å²) in [6, 6.07) is 7.63. The summed E-state index contributed by atoms with van der Waals surface area (Å²) in [6.07, 6.45) is 1.85. The summed E-state index contributed by atoms with van der Waals surface area (Å²) in [5.74, 6) is -0.401. The van der Waals surface area contributed by atoms with E-state index < -0.39 is 29.8 Å². The predicted octanol–water partition coefficient (Wildman–Crippen LogP) is 3.10. The monoisotopic (exact) mass is 446 g/mol. The molecule has 0 spiro atoms. The molecule has 2 aromatic rings. The highest BCUT2D eigenvalue weighted by Crippen LogP contribution is 2.27. The van der Waals surface area contributed by atoms with Crippen LogP contribution in [0.2, 0.25) is 0 Å². The fourth-order valence-electron chi connectivity index (χ4n) is 2.98. The van der Waals surface area contributed by atoms with Gasteiger partial charge in [0, 0.05) is 18.3 Å². The molecule has 0 bridgehead atoms. The molecule has 9 heteroatoms. The third kappa shape index (κ3) is 6.50. The van der Waals surface area contributed by atoms with Crippen molar-refractivity contribution in [3.05, 3.63) is 42.2 Å². The van der Waals surface area contributed by atoms with Crippen molar-refractivity contribution < 1.29 is 33.6 Å². The minimum Gasteiger partial charge on any atom is -0.503 e. The van der Waals surface area contributed by atoms with Gasteiger partial charge in [-0.05, 0) is 32.4 Å². The zero-order chi connectivity index (χ0) is 23.7. The molecule has 2 rings (SSSR count). The number of nitrogens with zero attached hydrogens (tertiary/aromatic N) is 1. The molecule has 0 saturated heterocycles. The van der Waals surface area contributed by atoms with Crippen LogP contribution >= 0.6 is 0 Å². The molecule has 0 radical (unpaired) electrons. The SMILES string of the molecule is CCC[C@@H](Oc1cccc(OC)c1)[C@H](C)OC(=O)[C@H](C)NC(=O)c1nccc(OC)c1O. The van der Waals surface area contributed by atoms with Gasteiger partial charge in [0.2, 0.25) is 0 Å². The number of carbonyl (C=O) groups is 2. The number of rotatable bonds is 11. The molecule has 2 N–H and O–H groups in total. The van der Waals surface area contributed by atoms with E-state index in [9.17, 15) is 14.7 Å². The molecule has 0 aliphatic carbocycles. The number of ether oxygens (including phenoxy) is 4. The Hall–Kier alpha value is -3.49. The Kier molecular flexibility index (Phi) is 9.12. The van der Waals surface area contributed by atoms with Crippen molar-refractivity contribution in [2.45, 2.75) is 51.9 Å². The first-order valence-corrected chi connectivity index (χ1v) is 10.3. The molecule has 32 heavy (non-hydrogen) atoms. The molecule has 1 amide bonds. The van der Waals surface area contributed by atoms with E-state index in [1.54, 1.807) is 26.2 Å². The lowest BCUT2D eigenvalue weighted by Gasteiger charge is -2.26. The van der Waals surface area contributed by atoms with Crippen molar-refractivity contribution in [1.29, 1.82) is 0 Å². The van der Waals surface area contributed by atoms with Gasteiger partial charge in [-0.25, -0.2) is 9.78 Å². The number of aromatic hydroxyl groups is 1. The van der Waals surface area contributed by atoms with E-state index in [1.807, 2.05) is 19.1 Å². The fourth-order valence-corrected chi connectivity index (χ4v) is 2.98. The molecule has 9 nitrogen and oxygen atoms in total. The summed E-state index contributed by atoms with van der Waals surface area (Å²) in [6.45, 7) is 5.23. The first-order valence-electron chi connectivity index (χ1n) is 10.3. The highest BCUT2D eigenvalue weighted by atomic mass is 16.6. The minimum absolute atomic E-state index is 0.103. The van der Waals surface area contributed by atoms with Crippen LogP contribution in [-0.4, -0.2) is 54.4 Å². The lowest BCUT2D eigenvalue weighted by molar-refractivity contribution is -0.154. The number of hydrogen-bond donors (Lipinski definition) is 2. The number of benzene rings is 1. The van der Waals surface area contributed by atoms with Crippen LogP contribution in [0.4, 0.5) is 0 Å². The van der Waals surface area contributed by atoms with E-state index in [4.69, 9.17) is 18.9 Å². The van der Waals surface area contributed by atoms with Gasteiger partial charge in [-0.2, -0.15) is 0 Å². The van der Waals surface area contributed by atoms with E-state index in [-0.39, 0.29) is 17.5 Å². The average Bonchev–Trinajstić information content (AvgIpc) is 2.78. The zero-order valence-corrected chi connectivity index (χ0v) is 19.0. The summed E-state index contributed by atoms with van der Waals surface area (Å²) in [5, 5.41) is 12.6. The standard InChI is InChI=1S/C23H30N2O7/c1-6-8-18(32-17-10-7-9-16(13-17)29-4)15(3)31-23(28)14(2)25-22(27)20-21(26)19(30-5)11-12-24-20/h7,9-15,18,26H,6,8H2,1-5H3,(H,25,27)/t14-,15-,18+/m0/s1. The third-order valence-corrected chi connectivity index (χ3v) is 4.75. The van der Waals surface area contributed by atoms with Gasteiger partial charge in [-0.3, -0.25) is 4.79 Å². The fraction of sp³-hybridized carbons (Fsp3) is 0.435. The second-order valence-corrected chi connectivity index (χ2v) is 7.17. The topological polar surface area (TPSA) is 116 Å². The minimum atomic E-state index is -0.976. The number of aromatic nitrogens is 1. The van der Waals surface area contributed by atoms with E-state index in [1.165, 1.54) is 26.3 Å². The molecule has 0 saturated carbocycles. The number of carbonyl (C=O) groups excluding carboxylic acids is 2. The van der Waals surface area contributed by atoms with Gasteiger partial charge in [0.15, 0.2) is 17.2 Å². The largest absolute Gasteiger partial charge is 0.503 e. The molecular weight excluding hydrogens is 416 g/mol. The maximum absolute atomic E-state index is 12.6. The number of methoxy groups -OCH3 is 2. The molecule has 0 unspecified atom stereocenters. The molecule has 0 fully saturated rings. The summed E-state index contributed by atoms with van der Waals surface area (Å²) < 4.78 is 21.8. The van der Waals surface area contributed by atoms with Crippen LogP contribution in [0, 0.1) is 0 Å². The number of nitrogens with one attached hydrogen (secondary N) is 1. The van der Waals surface area contributed by atoms with E-state index >= 15 is 0 Å². The van der Waals surface area contributed by atoms with Crippen molar-refractivity contribution in [3.63, 3.8) is 0 Å². The molecule has 1 aromatic heterocycles. The molecule has 1 aromatic carbocycles. The lowest BCUT2D eigenvalue weighted by atomic mass is 10.1. The van der Waals surface area contributed by atoms with E-state index in [0.717, 1.165) is 6.42 Å². The summed E-state index contributed by atoms with van der Waals surface area (Å²) in [5.41, 5.74) is -0.248. The Labute approximate surface area is 187 Å². The summed E-state index contributed by atoms with van der Waals surface area (Å²) in [4.78, 5) is 28.9. The molecular formula is C23H30N2O7. The van der Waals surface area contributed by atoms with Gasteiger partial charge in [0.25, 0.3) is 5.91 Å². The Morgan fingerprint density at radius 1 is 1.12 bits per heavy atom. The number of amides is 1. The van der Waals surface area contributed by atoms with Crippen LogP contribution in [0.5, 0.6) is 23.0 Å². The lowest BCUT2D eigenvalue weighted by Crippen LogP contribution is -2.43. The van der Waals surface area contributed by atoms with Crippen LogP contribution in [0.15, 0.2) is 36.5 Å². The second kappa shape index (κ2) is 11.8. The average molecular weight is 447 g/mol. The molecule has 3 atom stereocenters. The Bertz CT molecular complexity index is 919. The van der Waals surface area contributed by atoms with Crippen molar-refractivity contribution >= 4 is 11.9 Å². The van der Waals surface area contributed by atoms with Crippen LogP contribution in [0.1, 0.15) is 44.1 Å². The van der Waals surface area contributed by atoms with Gasteiger partial charge >= 0.3 is 5.97 Å². The third-order valence-electron chi connectivity index (χ3n) is 4.75. The quantitative estimate of drug-likeness (QED) is 0.506. The van der Waals surface area contributed by atoms with Crippen LogP contribution in [-0.2, 0) is 9.53 Å². The zero-order valence-electron chi connectivity index (χ0n) is 19.0. The molecule has 0 aliphatic rings. The number of hydrogen-bond acceptors (Lipinski definition) is 8. The van der Waals surface area contributed by atoms with Gasteiger partial charge in [-0.1, -0.05) is 19.4 Å². The Morgan fingerprint density at radius 3 is 2.50 bits per heavy atom. The molecule has 1 heterocycles. The highest BCUT2D eigenvalue weighted by molar-refractivity contribution is 5.97.